The van der Waals surface area contributed by atoms with Crippen LogP contribution in [0.5, 0.6) is 0 Å². The summed E-state index contributed by atoms with van der Waals surface area (Å²) in [7, 11) is 1.20. The van der Waals surface area contributed by atoms with Crippen LogP contribution in [-0.2, 0) is 25.5 Å². The van der Waals surface area contributed by atoms with E-state index in [2.05, 4.69) is 23.6 Å². The zero-order chi connectivity index (χ0) is 23.1. The van der Waals surface area contributed by atoms with Crippen LogP contribution in [0.4, 0.5) is 5.69 Å². The number of amides is 2. The normalized spacial score (nSPS) is 17.8. The van der Waals surface area contributed by atoms with E-state index in [1.54, 1.807) is 24.3 Å². The minimum absolute atomic E-state index is 0.0132. The van der Waals surface area contributed by atoms with Gasteiger partial charge in [-0.1, -0.05) is 61.2 Å². The van der Waals surface area contributed by atoms with Crippen LogP contribution in [0.15, 0.2) is 65.2 Å². The van der Waals surface area contributed by atoms with Crippen LogP contribution in [-0.4, -0.2) is 30.6 Å². The first-order chi connectivity index (χ1) is 15.5. The Morgan fingerprint density at radius 2 is 1.84 bits per heavy atom. The Labute approximate surface area is 190 Å². The van der Waals surface area contributed by atoms with Crippen LogP contribution in [0.2, 0.25) is 0 Å². The maximum atomic E-state index is 12.8. The van der Waals surface area contributed by atoms with Gasteiger partial charge >= 0.3 is 5.97 Å². The molecule has 32 heavy (non-hydrogen) atoms. The highest BCUT2D eigenvalue weighted by Crippen LogP contribution is 2.40. The molecule has 2 atom stereocenters. The molecule has 2 aromatic rings. The number of nitrogens with one attached hydrogen (secondary N) is 2. The van der Waals surface area contributed by atoms with Crippen molar-refractivity contribution in [3.63, 3.8) is 0 Å². The van der Waals surface area contributed by atoms with Crippen LogP contribution in [0.25, 0.3) is 0 Å². The minimum Gasteiger partial charge on any atom is -0.468 e. The van der Waals surface area contributed by atoms with Crippen molar-refractivity contribution >= 4 is 35.2 Å². The van der Waals surface area contributed by atoms with E-state index >= 15 is 0 Å². The third kappa shape index (κ3) is 5.18. The van der Waals surface area contributed by atoms with E-state index < -0.39 is 23.7 Å². The lowest BCUT2D eigenvalue weighted by atomic mass is 9.78. The Morgan fingerprint density at radius 3 is 2.44 bits per heavy atom. The fourth-order valence-electron chi connectivity index (χ4n) is 3.50. The zero-order valence-electron chi connectivity index (χ0n) is 17.8. The quantitative estimate of drug-likeness (QED) is 0.496. The SMILES string of the molecule is CCc1ccc(NC(=O)CSC2=C(C#N)[C@@H](c3ccccc3)[C@@H](C(=O)OC)C(=O)N2)cc1. The molecule has 0 aliphatic carbocycles. The zero-order valence-corrected chi connectivity index (χ0v) is 18.6. The van der Waals surface area contributed by atoms with Gasteiger partial charge in [0, 0.05) is 11.6 Å². The molecule has 2 amide bonds. The molecule has 0 saturated heterocycles. The van der Waals surface area contributed by atoms with Crippen LogP contribution < -0.4 is 10.6 Å². The molecular weight excluding hydrogens is 426 g/mol. The molecule has 0 bridgehead atoms. The molecule has 1 aliphatic rings. The standard InChI is InChI=1S/C24H23N3O4S/c1-3-15-9-11-17(12-10-15)26-19(28)14-32-23-18(13-25)20(16-7-5-4-6-8-16)21(22(29)27-23)24(30)31-2/h4-12,20-21H,3,14H2,1-2H3,(H,26,28)(H,27,29)/t20-,21-/m1/s1. The molecule has 164 valence electrons. The van der Waals surface area contributed by atoms with Gasteiger partial charge in [0.05, 0.1) is 29.5 Å². The number of carbonyl (C=O) groups excluding carboxylic acids is 3. The van der Waals surface area contributed by atoms with Gasteiger partial charge in [-0.3, -0.25) is 14.4 Å². The van der Waals surface area contributed by atoms with Crippen LogP contribution in [0, 0.1) is 17.2 Å². The first-order valence-corrected chi connectivity index (χ1v) is 11.1. The third-order valence-electron chi connectivity index (χ3n) is 5.14. The van der Waals surface area contributed by atoms with Crippen LogP contribution >= 0.6 is 11.8 Å². The number of hydrogen-bond acceptors (Lipinski definition) is 6. The van der Waals surface area contributed by atoms with E-state index in [1.807, 2.05) is 30.3 Å². The van der Waals surface area contributed by atoms with Crippen molar-refractivity contribution in [1.29, 1.82) is 5.26 Å². The van der Waals surface area contributed by atoms with Crippen LogP contribution in [0.3, 0.4) is 0 Å². The predicted molar refractivity (Wildman–Crippen MR) is 122 cm³/mol. The number of methoxy groups -OCH3 is 1. The molecule has 7 nitrogen and oxygen atoms in total. The van der Waals surface area contributed by atoms with Gasteiger partial charge in [-0.15, -0.1) is 0 Å². The maximum Gasteiger partial charge on any atom is 0.319 e. The molecule has 1 heterocycles. The second-order valence-corrected chi connectivity index (χ2v) is 8.11. The van der Waals surface area contributed by atoms with Gasteiger partial charge in [-0.2, -0.15) is 5.26 Å². The van der Waals surface area contributed by atoms with Gasteiger partial charge in [0.1, 0.15) is 5.92 Å². The van der Waals surface area contributed by atoms with Crippen molar-refractivity contribution in [2.45, 2.75) is 19.3 Å². The fraction of sp³-hybridized carbons (Fsp3) is 0.250. The number of anilines is 1. The Morgan fingerprint density at radius 1 is 1.16 bits per heavy atom. The van der Waals surface area contributed by atoms with E-state index in [4.69, 9.17) is 4.74 Å². The number of esters is 1. The Hall–Kier alpha value is -3.57. The third-order valence-corrected chi connectivity index (χ3v) is 6.15. The van der Waals surface area contributed by atoms with Crippen molar-refractivity contribution in [2.75, 3.05) is 18.2 Å². The summed E-state index contributed by atoms with van der Waals surface area (Å²) in [5, 5.41) is 15.6. The number of nitriles is 1. The van der Waals surface area contributed by atoms with Gasteiger partial charge in [0.25, 0.3) is 0 Å². The van der Waals surface area contributed by atoms with Crippen molar-refractivity contribution in [3.8, 4) is 6.07 Å². The van der Waals surface area contributed by atoms with Crippen molar-refractivity contribution < 1.29 is 19.1 Å². The highest BCUT2D eigenvalue weighted by Gasteiger charge is 2.44. The summed E-state index contributed by atoms with van der Waals surface area (Å²) in [4.78, 5) is 37.6. The summed E-state index contributed by atoms with van der Waals surface area (Å²) >= 11 is 1.05. The predicted octanol–water partition coefficient (Wildman–Crippen LogP) is 3.36. The number of carbonyl (C=O) groups is 3. The Kier molecular flexibility index (Phi) is 7.68. The summed E-state index contributed by atoms with van der Waals surface area (Å²) < 4.78 is 4.82. The van der Waals surface area contributed by atoms with Crippen molar-refractivity contribution in [1.82, 2.24) is 5.32 Å². The van der Waals surface area contributed by atoms with Crippen molar-refractivity contribution in [3.05, 3.63) is 76.3 Å². The number of allylic oxidation sites excluding steroid dienone is 1. The lowest BCUT2D eigenvalue weighted by Crippen LogP contribution is -2.44. The number of nitrogens with zero attached hydrogens (tertiary/aromatic N) is 1. The summed E-state index contributed by atoms with van der Waals surface area (Å²) in [6.45, 7) is 2.05. The molecule has 8 heteroatoms. The molecule has 0 fully saturated rings. The Balaban J connectivity index is 1.82. The lowest BCUT2D eigenvalue weighted by molar-refractivity contribution is -0.150. The number of aryl methyl sites for hydroxylation is 1. The summed E-state index contributed by atoms with van der Waals surface area (Å²) in [5.41, 5.74) is 2.70. The summed E-state index contributed by atoms with van der Waals surface area (Å²) in [5.74, 6) is -3.56. The van der Waals surface area contributed by atoms with Gasteiger partial charge in [-0.25, -0.2) is 0 Å². The van der Waals surface area contributed by atoms with Gasteiger partial charge in [0.2, 0.25) is 11.8 Å². The number of benzene rings is 2. The van der Waals surface area contributed by atoms with E-state index in [1.165, 1.54) is 12.7 Å². The van der Waals surface area contributed by atoms with E-state index in [9.17, 15) is 19.6 Å². The second-order valence-electron chi connectivity index (χ2n) is 7.12. The Bertz CT molecular complexity index is 1070. The fourth-order valence-corrected chi connectivity index (χ4v) is 4.35. The van der Waals surface area contributed by atoms with Gasteiger partial charge in [0.15, 0.2) is 0 Å². The molecule has 3 rings (SSSR count). The lowest BCUT2D eigenvalue weighted by Gasteiger charge is -2.30. The number of thioether (sulfide) groups is 1. The number of hydrogen-bond donors (Lipinski definition) is 2. The molecule has 0 saturated carbocycles. The van der Waals surface area contributed by atoms with E-state index in [0.717, 1.165) is 18.2 Å². The summed E-state index contributed by atoms with van der Waals surface area (Å²) in [6.07, 6.45) is 0.907. The van der Waals surface area contributed by atoms with Gasteiger partial charge < -0.3 is 15.4 Å². The average Bonchev–Trinajstić information content (AvgIpc) is 2.82. The van der Waals surface area contributed by atoms with E-state index in [0.29, 0.717) is 11.3 Å². The molecular formula is C24H23N3O4S. The first kappa shape index (κ1) is 23.1. The topological polar surface area (TPSA) is 108 Å². The van der Waals surface area contributed by atoms with Crippen molar-refractivity contribution in [2.24, 2.45) is 5.92 Å². The smallest absolute Gasteiger partial charge is 0.319 e. The van der Waals surface area contributed by atoms with Gasteiger partial charge in [-0.05, 0) is 29.7 Å². The van der Waals surface area contributed by atoms with Crippen LogP contribution in [0.1, 0.15) is 24.0 Å². The highest BCUT2D eigenvalue weighted by molar-refractivity contribution is 8.03. The summed E-state index contributed by atoms with van der Waals surface area (Å²) in [6, 6.07) is 18.5. The minimum atomic E-state index is -1.19. The molecule has 1 aliphatic heterocycles. The number of rotatable bonds is 7. The largest absolute Gasteiger partial charge is 0.468 e. The second kappa shape index (κ2) is 10.6. The average molecular weight is 450 g/mol. The maximum absolute atomic E-state index is 12.8. The number of ether oxygens (including phenoxy) is 1. The monoisotopic (exact) mass is 449 g/mol. The molecule has 2 N–H and O–H groups in total. The van der Waals surface area contributed by atoms with E-state index in [-0.39, 0.29) is 22.3 Å². The molecule has 0 aromatic heterocycles. The molecule has 0 radical (unpaired) electrons. The molecule has 0 unspecified atom stereocenters. The molecule has 0 spiro atoms. The molecule has 2 aromatic carbocycles. The highest BCUT2D eigenvalue weighted by atomic mass is 32.2. The first-order valence-electron chi connectivity index (χ1n) is 10.1.